The number of nitro groups is 1. The molecule has 0 unspecified atom stereocenters. The Morgan fingerprint density at radius 2 is 2.10 bits per heavy atom. The summed E-state index contributed by atoms with van der Waals surface area (Å²) in [5, 5.41) is 15.1. The van der Waals surface area contributed by atoms with Gasteiger partial charge in [0.1, 0.15) is 6.54 Å². The first-order valence-electron chi connectivity index (χ1n) is 5.55. The van der Waals surface area contributed by atoms with Crippen LogP contribution in [0.15, 0.2) is 24.4 Å². The lowest BCUT2D eigenvalue weighted by atomic mass is 10.1. The van der Waals surface area contributed by atoms with Crippen molar-refractivity contribution in [1.29, 1.82) is 0 Å². The molecule has 0 spiro atoms. The molecule has 0 atom stereocenters. The fourth-order valence-electron chi connectivity index (χ4n) is 1.68. The maximum absolute atomic E-state index is 12.0. The molecule has 1 heterocycles. The van der Waals surface area contributed by atoms with Gasteiger partial charge in [-0.3, -0.25) is 4.79 Å². The van der Waals surface area contributed by atoms with Crippen LogP contribution in [0.5, 0.6) is 0 Å². The van der Waals surface area contributed by atoms with E-state index in [4.69, 9.17) is 23.2 Å². The smallest absolute Gasteiger partial charge is 0.358 e. The minimum absolute atomic E-state index is 0.105. The van der Waals surface area contributed by atoms with Gasteiger partial charge in [0, 0.05) is 5.56 Å². The first-order valence-corrected chi connectivity index (χ1v) is 6.31. The summed E-state index contributed by atoms with van der Waals surface area (Å²) in [7, 11) is 0. The SMILES string of the molecule is Cc1cn(CC(=O)c2ccc(Cl)c(Cl)c2)nc1[N+](=O)[O-]. The molecule has 104 valence electrons. The molecule has 0 amide bonds. The number of hydrogen-bond acceptors (Lipinski definition) is 4. The van der Waals surface area contributed by atoms with Crippen molar-refractivity contribution in [3.05, 3.63) is 55.7 Å². The molecule has 2 aromatic rings. The summed E-state index contributed by atoms with van der Waals surface area (Å²) < 4.78 is 1.23. The number of hydrogen-bond donors (Lipinski definition) is 0. The minimum atomic E-state index is -0.588. The first-order chi connectivity index (χ1) is 9.38. The van der Waals surface area contributed by atoms with E-state index in [0.717, 1.165) is 0 Å². The van der Waals surface area contributed by atoms with E-state index in [1.165, 1.54) is 23.0 Å². The number of carbonyl (C=O) groups excluding carboxylic acids is 1. The molecule has 0 N–H and O–H groups in total. The Kier molecular flexibility index (Phi) is 4.06. The molecule has 8 heteroatoms. The van der Waals surface area contributed by atoms with Gasteiger partial charge in [0.15, 0.2) is 5.78 Å². The normalized spacial score (nSPS) is 10.6. The maximum atomic E-state index is 12.0. The number of aromatic nitrogens is 2. The second-order valence-corrected chi connectivity index (χ2v) is 4.96. The van der Waals surface area contributed by atoms with Crippen molar-refractivity contribution in [3.8, 4) is 0 Å². The van der Waals surface area contributed by atoms with E-state index >= 15 is 0 Å². The second-order valence-electron chi connectivity index (χ2n) is 4.14. The molecule has 0 aliphatic heterocycles. The van der Waals surface area contributed by atoms with Crippen molar-refractivity contribution < 1.29 is 9.72 Å². The third-order valence-electron chi connectivity index (χ3n) is 2.64. The van der Waals surface area contributed by atoms with E-state index in [2.05, 4.69) is 5.10 Å². The van der Waals surface area contributed by atoms with Crippen LogP contribution < -0.4 is 0 Å². The number of Topliss-reactive ketones (excluding diaryl/α,β-unsaturated/α-hetero) is 1. The van der Waals surface area contributed by atoms with Crippen molar-refractivity contribution in [2.45, 2.75) is 13.5 Å². The van der Waals surface area contributed by atoms with Gasteiger partial charge in [0.2, 0.25) is 0 Å². The van der Waals surface area contributed by atoms with Gasteiger partial charge in [-0.15, -0.1) is 0 Å². The fourth-order valence-corrected chi connectivity index (χ4v) is 1.98. The van der Waals surface area contributed by atoms with Gasteiger partial charge in [-0.2, -0.15) is 4.68 Å². The Morgan fingerprint density at radius 3 is 2.65 bits per heavy atom. The summed E-state index contributed by atoms with van der Waals surface area (Å²) in [6.07, 6.45) is 1.45. The number of rotatable bonds is 4. The van der Waals surface area contributed by atoms with Crippen LogP contribution in [0.4, 0.5) is 5.82 Å². The molecule has 0 saturated carbocycles. The largest absolute Gasteiger partial charge is 0.392 e. The van der Waals surface area contributed by atoms with Gasteiger partial charge < -0.3 is 10.1 Å². The van der Waals surface area contributed by atoms with Crippen molar-refractivity contribution in [1.82, 2.24) is 9.78 Å². The van der Waals surface area contributed by atoms with Gasteiger partial charge in [-0.05, 0) is 30.0 Å². The van der Waals surface area contributed by atoms with Gasteiger partial charge in [0.25, 0.3) is 0 Å². The number of aryl methyl sites for hydroxylation is 1. The zero-order chi connectivity index (χ0) is 14.9. The summed E-state index contributed by atoms with van der Waals surface area (Å²) in [4.78, 5) is 22.1. The van der Waals surface area contributed by atoms with Crippen LogP contribution >= 0.6 is 23.2 Å². The number of nitrogens with zero attached hydrogens (tertiary/aromatic N) is 3. The van der Waals surface area contributed by atoms with E-state index in [0.29, 0.717) is 16.1 Å². The zero-order valence-electron chi connectivity index (χ0n) is 10.3. The fraction of sp³-hybridized carbons (Fsp3) is 0.167. The second kappa shape index (κ2) is 5.60. The molecule has 20 heavy (non-hydrogen) atoms. The highest BCUT2D eigenvalue weighted by Crippen LogP contribution is 2.23. The maximum Gasteiger partial charge on any atom is 0.392 e. The highest BCUT2D eigenvalue weighted by molar-refractivity contribution is 6.42. The van der Waals surface area contributed by atoms with Gasteiger partial charge in [-0.25, -0.2) is 0 Å². The van der Waals surface area contributed by atoms with E-state index in [1.54, 1.807) is 13.0 Å². The van der Waals surface area contributed by atoms with Gasteiger partial charge in [-0.1, -0.05) is 23.2 Å². The molecule has 1 aromatic heterocycles. The Hall–Kier alpha value is -1.92. The van der Waals surface area contributed by atoms with Crippen molar-refractivity contribution in [2.75, 3.05) is 0 Å². The van der Waals surface area contributed by atoms with Crippen LogP contribution in [0.1, 0.15) is 15.9 Å². The van der Waals surface area contributed by atoms with Gasteiger partial charge >= 0.3 is 5.82 Å². The lowest BCUT2D eigenvalue weighted by molar-refractivity contribution is -0.390. The number of halogens is 2. The lowest BCUT2D eigenvalue weighted by Gasteiger charge is -2.01. The first kappa shape index (κ1) is 14.5. The van der Waals surface area contributed by atoms with Crippen LogP contribution in [-0.4, -0.2) is 20.5 Å². The van der Waals surface area contributed by atoms with E-state index in [9.17, 15) is 14.9 Å². The van der Waals surface area contributed by atoms with E-state index < -0.39 is 4.92 Å². The zero-order valence-corrected chi connectivity index (χ0v) is 11.9. The molecular weight excluding hydrogens is 305 g/mol. The molecule has 0 radical (unpaired) electrons. The third kappa shape index (κ3) is 2.97. The highest BCUT2D eigenvalue weighted by Gasteiger charge is 2.19. The van der Waals surface area contributed by atoms with Crippen molar-refractivity contribution >= 4 is 34.8 Å². The monoisotopic (exact) mass is 313 g/mol. The lowest BCUT2D eigenvalue weighted by Crippen LogP contribution is -2.11. The summed E-state index contributed by atoms with van der Waals surface area (Å²) in [5.74, 6) is -0.520. The standard InChI is InChI=1S/C12H9Cl2N3O3/c1-7-5-16(15-12(7)17(19)20)6-11(18)8-2-3-9(13)10(14)4-8/h2-5H,6H2,1H3. The quantitative estimate of drug-likeness (QED) is 0.493. The topological polar surface area (TPSA) is 78.0 Å². The molecule has 2 rings (SSSR count). The molecule has 0 saturated heterocycles. The predicted octanol–water partition coefficient (Wildman–Crippen LogP) is 3.29. The summed E-state index contributed by atoms with van der Waals surface area (Å²) in [5.41, 5.74) is 0.771. The van der Waals surface area contributed by atoms with E-state index in [1.807, 2.05) is 0 Å². The molecule has 6 nitrogen and oxygen atoms in total. The van der Waals surface area contributed by atoms with Gasteiger partial charge in [0.05, 0.1) is 26.9 Å². The number of ketones is 1. The highest BCUT2D eigenvalue weighted by atomic mass is 35.5. The Bertz CT molecular complexity index is 697. The van der Waals surface area contributed by atoms with Crippen LogP contribution in [0.25, 0.3) is 0 Å². The van der Waals surface area contributed by atoms with Crippen molar-refractivity contribution in [2.24, 2.45) is 0 Å². The number of benzene rings is 1. The molecule has 1 aromatic carbocycles. The molecule has 0 aliphatic rings. The molecule has 0 aliphatic carbocycles. The van der Waals surface area contributed by atoms with Crippen LogP contribution in [-0.2, 0) is 6.54 Å². The Balaban J connectivity index is 2.21. The summed E-state index contributed by atoms with van der Waals surface area (Å²) in [6, 6.07) is 4.52. The average Bonchev–Trinajstić information content (AvgIpc) is 2.73. The molecule has 0 bridgehead atoms. The molecule has 0 fully saturated rings. The molecular formula is C12H9Cl2N3O3. The third-order valence-corrected chi connectivity index (χ3v) is 3.38. The summed E-state index contributed by atoms with van der Waals surface area (Å²) in [6.45, 7) is 1.46. The average molecular weight is 314 g/mol. The van der Waals surface area contributed by atoms with Crippen LogP contribution in [0, 0.1) is 17.0 Å². The minimum Gasteiger partial charge on any atom is -0.358 e. The van der Waals surface area contributed by atoms with E-state index in [-0.39, 0.29) is 23.2 Å². The Labute approximate surface area is 124 Å². The predicted molar refractivity (Wildman–Crippen MR) is 74.4 cm³/mol. The van der Waals surface area contributed by atoms with Crippen LogP contribution in [0.2, 0.25) is 10.0 Å². The number of carbonyl (C=O) groups is 1. The van der Waals surface area contributed by atoms with Crippen molar-refractivity contribution in [3.63, 3.8) is 0 Å². The summed E-state index contributed by atoms with van der Waals surface area (Å²) >= 11 is 11.6. The van der Waals surface area contributed by atoms with Crippen LogP contribution in [0.3, 0.4) is 0 Å². The Morgan fingerprint density at radius 1 is 1.40 bits per heavy atom.